The van der Waals surface area contributed by atoms with E-state index >= 15 is 0 Å². The molecule has 0 bridgehead atoms. The highest BCUT2D eigenvalue weighted by Gasteiger charge is 2.15. The quantitative estimate of drug-likeness (QED) is 0.732. The standard InChI is InChI=1S/C21H27FN2O2/c1-4-24(19-12-10-18(22)11-13-19)16(2)9-14-21(25)23-15-17-7-5-6-8-20(17)26-3/h5-8,10-13,16H,4,9,14-15H2,1-3H3,(H,23,25). The van der Waals surface area contributed by atoms with Gasteiger partial charge in [0.1, 0.15) is 11.6 Å². The fraction of sp³-hybridized carbons (Fsp3) is 0.381. The molecule has 0 aliphatic rings. The van der Waals surface area contributed by atoms with E-state index in [1.807, 2.05) is 24.3 Å². The second kappa shape index (κ2) is 9.80. The van der Waals surface area contributed by atoms with Crippen LogP contribution in [-0.2, 0) is 11.3 Å². The minimum Gasteiger partial charge on any atom is -0.496 e. The summed E-state index contributed by atoms with van der Waals surface area (Å²) in [7, 11) is 1.62. The zero-order chi connectivity index (χ0) is 18.9. The van der Waals surface area contributed by atoms with Gasteiger partial charge in [0.05, 0.1) is 7.11 Å². The third kappa shape index (κ3) is 5.48. The van der Waals surface area contributed by atoms with E-state index in [0.717, 1.165) is 30.0 Å². The predicted molar refractivity (Wildman–Crippen MR) is 103 cm³/mol. The third-order valence-electron chi connectivity index (χ3n) is 4.49. The Morgan fingerprint density at radius 2 is 1.88 bits per heavy atom. The lowest BCUT2D eigenvalue weighted by Crippen LogP contribution is -2.34. The van der Waals surface area contributed by atoms with Gasteiger partial charge in [-0.25, -0.2) is 4.39 Å². The van der Waals surface area contributed by atoms with Crippen LogP contribution >= 0.6 is 0 Å². The molecular weight excluding hydrogens is 331 g/mol. The van der Waals surface area contributed by atoms with E-state index in [0.29, 0.717) is 13.0 Å². The highest BCUT2D eigenvalue weighted by Crippen LogP contribution is 2.20. The normalized spacial score (nSPS) is 11.7. The summed E-state index contributed by atoms with van der Waals surface area (Å²) in [6, 6.07) is 14.3. The van der Waals surface area contributed by atoms with Crippen molar-refractivity contribution in [3.63, 3.8) is 0 Å². The number of benzene rings is 2. The second-order valence-corrected chi connectivity index (χ2v) is 6.24. The number of carbonyl (C=O) groups is 1. The van der Waals surface area contributed by atoms with Crippen molar-refractivity contribution in [2.24, 2.45) is 0 Å². The number of halogens is 1. The van der Waals surface area contributed by atoms with Gasteiger partial charge < -0.3 is 15.0 Å². The van der Waals surface area contributed by atoms with E-state index in [9.17, 15) is 9.18 Å². The molecule has 1 unspecified atom stereocenters. The molecule has 0 saturated heterocycles. The van der Waals surface area contributed by atoms with Gasteiger partial charge in [-0.3, -0.25) is 4.79 Å². The molecule has 0 heterocycles. The van der Waals surface area contributed by atoms with Crippen LogP contribution < -0.4 is 15.0 Å². The lowest BCUT2D eigenvalue weighted by molar-refractivity contribution is -0.121. The maximum atomic E-state index is 13.1. The third-order valence-corrected chi connectivity index (χ3v) is 4.49. The maximum absolute atomic E-state index is 13.1. The summed E-state index contributed by atoms with van der Waals surface area (Å²) in [5.74, 6) is 0.542. The molecule has 0 aliphatic heterocycles. The fourth-order valence-electron chi connectivity index (χ4n) is 3.01. The number of nitrogens with one attached hydrogen (secondary N) is 1. The van der Waals surface area contributed by atoms with Gasteiger partial charge in [-0.1, -0.05) is 18.2 Å². The summed E-state index contributed by atoms with van der Waals surface area (Å²) in [5.41, 5.74) is 1.92. The van der Waals surface area contributed by atoms with Crippen molar-refractivity contribution in [1.29, 1.82) is 0 Å². The molecule has 1 atom stereocenters. The molecule has 1 N–H and O–H groups in total. The number of hydrogen-bond donors (Lipinski definition) is 1. The first-order valence-corrected chi connectivity index (χ1v) is 8.96. The Hall–Kier alpha value is -2.56. The summed E-state index contributed by atoms with van der Waals surface area (Å²) >= 11 is 0. The number of hydrogen-bond acceptors (Lipinski definition) is 3. The Bertz CT molecular complexity index is 703. The molecule has 5 heteroatoms. The molecule has 1 amide bonds. The predicted octanol–water partition coefficient (Wildman–Crippen LogP) is 4.15. The number of nitrogens with zero attached hydrogens (tertiary/aromatic N) is 1. The number of methoxy groups -OCH3 is 1. The van der Waals surface area contributed by atoms with Crippen molar-refractivity contribution in [1.82, 2.24) is 5.32 Å². The first-order chi connectivity index (χ1) is 12.5. The van der Waals surface area contributed by atoms with E-state index in [1.54, 1.807) is 19.2 Å². The van der Waals surface area contributed by atoms with E-state index in [2.05, 4.69) is 24.1 Å². The van der Waals surface area contributed by atoms with Crippen LogP contribution in [0.4, 0.5) is 10.1 Å². The van der Waals surface area contributed by atoms with Gasteiger partial charge in [0.15, 0.2) is 0 Å². The highest BCUT2D eigenvalue weighted by molar-refractivity contribution is 5.76. The Labute approximate surface area is 155 Å². The lowest BCUT2D eigenvalue weighted by atomic mass is 10.1. The van der Waals surface area contributed by atoms with E-state index in [1.165, 1.54) is 12.1 Å². The minimum atomic E-state index is -0.242. The maximum Gasteiger partial charge on any atom is 0.220 e. The van der Waals surface area contributed by atoms with E-state index in [4.69, 9.17) is 4.74 Å². The van der Waals surface area contributed by atoms with Crippen molar-refractivity contribution in [2.45, 2.75) is 39.3 Å². The number of amides is 1. The molecule has 0 fully saturated rings. The molecule has 0 spiro atoms. The highest BCUT2D eigenvalue weighted by atomic mass is 19.1. The molecule has 2 aromatic rings. The first-order valence-electron chi connectivity index (χ1n) is 8.96. The van der Waals surface area contributed by atoms with Gasteiger partial charge in [-0.2, -0.15) is 0 Å². The minimum absolute atomic E-state index is 0.0120. The average molecular weight is 358 g/mol. The molecule has 4 nitrogen and oxygen atoms in total. The molecule has 26 heavy (non-hydrogen) atoms. The summed E-state index contributed by atoms with van der Waals surface area (Å²) in [6.07, 6.45) is 1.16. The van der Waals surface area contributed by atoms with Crippen molar-refractivity contribution < 1.29 is 13.9 Å². The van der Waals surface area contributed by atoms with Crippen LogP contribution in [0.5, 0.6) is 5.75 Å². The summed E-state index contributed by atoms with van der Waals surface area (Å²) in [5, 5.41) is 2.95. The van der Waals surface area contributed by atoms with Crippen LogP contribution in [0.2, 0.25) is 0 Å². The molecule has 0 radical (unpaired) electrons. The smallest absolute Gasteiger partial charge is 0.220 e. The van der Waals surface area contributed by atoms with Gasteiger partial charge >= 0.3 is 0 Å². The molecule has 0 saturated carbocycles. The van der Waals surface area contributed by atoms with Crippen molar-refractivity contribution in [3.05, 3.63) is 59.9 Å². The first kappa shape index (κ1) is 19.8. The zero-order valence-electron chi connectivity index (χ0n) is 15.7. The monoisotopic (exact) mass is 358 g/mol. The summed E-state index contributed by atoms with van der Waals surface area (Å²) < 4.78 is 18.4. The number of ether oxygens (including phenoxy) is 1. The molecule has 2 aromatic carbocycles. The van der Waals surface area contributed by atoms with Crippen LogP contribution in [-0.4, -0.2) is 25.6 Å². The van der Waals surface area contributed by atoms with Crippen molar-refractivity contribution in [3.8, 4) is 5.75 Å². The van der Waals surface area contributed by atoms with Crippen LogP contribution in [0.15, 0.2) is 48.5 Å². The van der Waals surface area contributed by atoms with Crippen molar-refractivity contribution in [2.75, 3.05) is 18.6 Å². The number of para-hydroxylation sites is 1. The van der Waals surface area contributed by atoms with Crippen LogP contribution in [0, 0.1) is 5.82 Å². The Balaban J connectivity index is 1.84. The Kier molecular flexibility index (Phi) is 7.45. The number of rotatable bonds is 9. The molecule has 0 aromatic heterocycles. The topological polar surface area (TPSA) is 41.6 Å². The largest absolute Gasteiger partial charge is 0.496 e. The summed E-state index contributed by atoms with van der Waals surface area (Å²) in [6.45, 7) is 5.39. The van der Waals surface area contributed by atoms with Crippen LogP contribution in [0.3, 0.4) is 0 Å². The van der Waals surface area contributed by atoms with E-state index < -0.39 is 0 Å². The SMILES string of the molecule is CCN(c1ccc(F)cc1)C(C)CCC(=O)NCc1ccccc1OC. The second-order valence-electron chi connectivity index (χ2n) is 6.24. The number of anilines is 1. The molecule has 2 rings (SSSR count). The average Bonchev–Trinajstić information content (AvgIpc) is 2.67. The van der Waals surface area contributed by atoms with Gasteiger partial charge in [-0.05, 0) is 50.6 Å². The van der Waals surface area contributed by atoms with E-state index in [-0.39, 0.29) is 17.8 Å². The van der Waals surface area contributed by atoms with Gasteiger partial charge in [-0.15, -0.1) is 0 Å². The number of carbonyl (C=O) groups excluding carboxylic acids is 1. The zero-order valence-corrected chi connectivity index (χ0v) is 15.7. The van der Waals surface area contributed by atoms with Gasteiger partial charge in [0.2, 0.25) is 5.91 Å². The van der Waals surface area contributed by atoms with Crippen LogP contribution in [0.1, 0.15) is 32.3 Å². The molecular formula is C21H27FN2O2. The van der Waals surface area contributed by atoms with Gasteiger partial charge in [0, 0.05) is 36.8 Å². The molecule has 0 aliphatic carbocycles. The van der Waals surface area contributed by atoms with Crippen molar-refractivity contribution >= 4 is 11.6 Å². The Morgan fingerprint density at radius 3 is 2.54 bits per heavy atom. The lowest BCUT2D eigenvalue weighted by Gasteiger charge is -2.30. The summed E-state index contributed by atoms with van der Waals surface area (Å²) in [4.78, 5) is 14.4. The fourth-order valence-corrected chi connectivity index (χ4v) is 3.01. The molecule has 140 valence electrons. The van der Waals surface area contributed by atoms with Gasteiger partial charge in [0.25, 0.3) is 0 Å². The van der Waals surface area contributed by atoms with Crippen LogP contribution in [0.25, 0.3) is 0 Å². The Morgan fingerprint density at radius 1 is 1.19 bits per heavy atom.